The van der Waals surface area contributed by atoms with E-state index in [4.69, 9.17) is 4.74 Å². The predicted molar refractivity (Wildman–Crippen MR) is 113 cm³/mol. The predicted octanol–water partition coefficient (Wildman–Crippen LogP) is 2.65. The molecule has 1 aromatic heterocycles. The van der Waals surface area contributed by atoms with Gasteiger partial charge >= 0.3 is 0 Å². The van der Waals surface area contributed by atoms with E-state index in [1.54, 1.807) is 13.3 Å². The minimum absolute atomic E-state index is 0. The van der Waals surface area contributed by atoms with Crippen LogP contribution in [0.25, 0.3) is 0 Å². The normalized spacial score (nSPS) is 11.0. The molecule has 1 aromatic carbocycles. The average Bonchev–Trinajstić information content (AvgIpc) is 2.98. The molecule has 2 rings (SSSR count). The number of aryl methyl sites for hydroxylation is 2. The standard InChI is InChI=1S/C18H27N5O.HI/c1-5-19-18(21-13-16-9-11-22-23(16)3)20-10-8-15-12-14(2)6-7-17(15)24-4;/h6-7,9,11-12H,5,8,10,13H2,1-4H3,(H2,19,20,21);1H. The molecule has 1 heterocycles. The van der Waals surface area contributed by atoms with E-state index in [9.17, 15) is 0 Å². The molecule has 0 radical (unpaired) electrons. The number of rotatable bonds is 7. The Kier molecular flexibility index (Phi) is 9.33. The molecular weight excluding hydrogens is 429 g/mol. The third-order valence-electron chi connectivity index (χ3n) is 3.79. The van der Waals surface area contributed by atoms with Crippen LogP contribution in [0.5, 0.6) is 5.75 Å². The number of guanidine groups is 1. The zero-order chi connectivity index (χ0) is 17.4. The highest BCUT2D eigenvalue weighted by Gasteiger charge is 2.04. The van der Waals surface area contributed by atoms with Crippen LogP contribution in [0, 0.1) is 6.92 Å². The molecule has 0 saturated heterocycles. The van der Waals surface area contributed by atoms with Crippen LogP contribution in [0.15, 0.2) is 35.5 Å². The van der Waals surface area contributed by atoms with Gasteiger partial charge in [0.25, 0.3) is 0 Å². The molecule has 0 aliphatic carbocycles. The van der Waals surface area contributed by atoms with Crippen LogP contribution in [0.2, 0.25) is 0 Å². The van der Waals surface area contributed by atoms with Gasteiger partial charge in [0.1, 0.15) is 5.75 Å². The molecule has 2 aromatic rings. The summed E-state index contributed by atoms with van der Waals surface area (Å²) in [5, 5.41) is 10.8. The Hall–Kier alpha value is -1.77. The van der Waals surface area contributed by atoms with Gasteiger partial charge in [-0.25, -0.2) is 4.99 Å². The summed E-state index contributed by atoms with van der Waals surface area (Å²) in [6.45, 7) is 6.36. The molecule has 0 amide bonds. The third kappa shape index (κ3) is 6.56. The smallest absolute Gasteiger partial charge is 0.191 e. The number of ether oxygens (including phenoxy) is 1. The summed E-state index contributed by atoms with van der Waals surface area (Å²) < 4.78 is 7.27. The SMILES string of the molecule is CCNC(=NCc1ccnn1C)NCCc1cc(C)ccc1OC.I. The Bertz CT molecular complexity index is 684. The van der Waals surface area contributed by atoms with Gasteiger partial charge in [0.15, 0.2) is 5.96 Å². The average molecular weight is 457 g/mol. The number of aliphatic imine (C=N–C) groups is 1. The lowest BCUT2D eigenvalue weighted by Gasteiger charge is -2.13. The topological polar surface area (TPSA) is 63.5 Å². The quantitative estimate of drug-likeness (QED) is 0.381. The number of hydrogen-bond acceptors (Lipinski definition) is 3. The van der Waals surface area contributed by atoms with Crippen LogP contribution in [0.1, 0.15) is 23.7 Å². The second kappa shape index (κ2) is 11.0. The van der Waals surface area contributed by atoms with Gasteiger partial charge in [0.05, 0.1) is 19.3 Å². The number of aromatic nitrogens is 2. The minimum Gasteiger partial charge on any atom is -0.496 e. The van der Waals surface area contributed by atoms with Gasteiger partial charge in [0.2, 0.25) is 0 Å². The first kappa shape index (κ1) is 21.3. The number of halogens is 1. The summed E-state index contributed by atoms with van der Waals surface area (Å²) in [6.07, 6.45) is 2.66. The van der Waals surface area contributed by atoms with Crippen molar-refractivity contribution in [1.82, 2.24) is 20.4 Å². The molecule has 0 atom stereocenters. The molecule has 0 saturated carbocycles. The Labute approximate surface area is 167 Å². The maximum absolute atomic E-state index is 5.43. The van der Waals surface area contributed by atoms with Crippen molar-refractivity contribution in [2.45, 2.75) is 26.8 Å². The van der Waals surface area contributed by atoms with Crippen molar-refractivity contribution >= 4 is 29.9 Å². The first-order valence-corrected chi connectivity index (χ1v) is 8.26. The summed E-state index contributed by atoms with van der Waals surface area (Å²) in [7, 11) is 3.64. The van der Waals surface area contributed by atoms with E-state index in [1.807, 2.05) is 23.9 Å². The number of nitrogens with zero attached hydrogens (tertiary/aromatic N) is 3. The van der Waals surface area contributed by atoms with E-state index < -0.39 is 0 Å². The third-order valence-corrected chi connectivity index (χ3v) is 3.79. The van der Waals surface area contributed by atoms with Gasteiger partial charge in [-0.3, -0.25) is 4.68 Å². The first-order chi connectivity index (χ1) is 11.6. The second-order valence-electron chi connectivity index (χ2n) is 5.63. The summed E-state index contributed by atoms with van der Waals surface area (Å²) in [5.74, 6) is 1.74. The van der Waals surface area contributed by atoms with Crippen molar-refractivity contribution < 1.29 is 4.74 Å². The van der Waals surface area contributed by atoms with Crippen LogP contribution < -0.4 is 15.4 Å². The molecule has 0 bridgehead atoms. The molecule has 0 unspecified atom stereocenters. The van der Waals surface area contributed by atoms with Crippen LogP contribution in [0.3, 0.4) is 0 Å². The molecule has 6 nitrogen and oxygen atoms in total. The van der Waals surface area contributed by atoms with E-state index in [0.717, 1.165) is 36.9 Å². The largest absolute Gasteiger partial charge is 0.496 e. The van der Waals surface area contributed by atoms with Crippen LogP contribution >= 0.6 is 24.0 Å². The molecule has 0 fully saturated rings. The fourth-order valence-electron chi connectivity index (χ4n) is 2.48. The van der Waals surface area contributed by atoms with E-state index in [-0.39, 0.29) is 24.0 Å². The number of hydrogen-bond donors (Lipinski definition) is 2. The molecule has 0 spiro atoms. The van der Waals surface area contributed by atoms with Crippen molar-refractivity contribution in [3.05, 3.63) is 47.3 Å². The van der Waals surface area contributed by atoms with Crippen LogP contribution in [-0.4, -0.2) is 35.9 Å². The molecule has 2 N–H and O–H groups in total. The Morgan fingerprint density at radius 3 is 2.72 bits per heavy atom. The Morgan fingerprint density at radius 2 is 2.08 bits per heavy atom. The monoisotopic (exact) mass is 457 g/mol. The highest BCUT2D eigenvalue weighted by Crippen LogP contribution is 2.19. The van der Waals surface area contributed by atoms with E-state index in [1.165, 1.54) is 11.1 Å². The summed E-state index contributed by atoms with van der Waals surface area (Å²) in [4.78, 5) is 4.61. The fourth-order valence-corrected chi connectivity index (χ4v) is 2.48. The van der Waals surface area contributed by atoms with Crippen LogP contribution in [0.4, 0.5) is 0 Å². The number of nitrogens with one attached hydrogen (secondary N) is 2. The lowest BCUT2D eigenvalue weighted by Crippen LogP contribution is -2.38. The van der Waals surface area contributed by atoms with Crippen molar-refractivity contribution in [2.75, 3.05) is 20.2 Å². The van der Waals surface area contributed by atoms with E-state index >= 15 is 0 Å². The lowest BCUT2D eigenvalue weighted by molar-refractivity contribution is 0.409. The first-order valence-electron chi connectivity index (χ1n) is 8.26. The molecule has 138 valence electrons. The Morgan fingerprint density at radius 1 is 1.28 bits per heavy atom. The van der Waals surface area contributed by atoms with Gasteiger partial charge in [-0.15, -0.1) is 24.0 Å². The van der Waals surface area contributed by atoms with Gasteiger partial charge in [0, 0.05) is 26.3 Å². The van der Waals surface area contributed by atoms with Gasteiger partial charge in [-0.05, 0) is 38.0 Å². The maximum atomic E-state index is 5.43. The molecule has 0 aliphatic heterocycles. The maximum Gasteiger partial charge on any atom is 0.191 e. The zero-order valence-corrected chi connectivity index (χ0v) is 17.7. The van der Waals surface area contributed by atoms with Gasteiger partial charge in [-0.1, -0.05) is 17.7 Å². The van der Waals surface area contributed by atoms with Crippen molar-refractivity contribution in [2.24, 2.45) is 12.0 Å². The fraction of sp³-hybridized carbons (Fsp3) is 0.444. The van der Waals surface area contributed by atoms with Crippen molar-refractivity contribution in [3.8, 4) is 5.75 Å². The minimum atomic E-state index is 0. The van der Waals surface area contributed by atoms with E-state index in [2.05, 4.69) is 46.7 Å². The molecule has 0 aliphatic rings. The number of benzene rings is 1. The molecule has 7 heteroatoms. The van der Waals surface area contributed by atoms with Crippen LogP contribution in [-0.2, 0) is 20.0 Å². The van der Waals surface area contributed by atoms with Gasteiger partial charge in [-0.2, -0.15) is 5.10 Å². The lowest BCUT2D eigenvalue weighted by atomic mass is 10.1. The van der Waals surface area contributed by atoms with Crippen molar-refractivity contribution in [3.63, 3.8) is 0 Å². The summed E-state index contributed by atoms with van der Waals surface area (Å²) >= 11 is 0. The van der Waals surface area contributed by atoms with Gasteiger partial charge < -0.3 is 15.4 Å². The second-order valence-corrected chi connectivity index (χ2v) is 5.63. The highest BCUT2D eigenvalue weighted by molar-refractivity contribution is 14.0. The number of methoxy groups -OCH3 is 1. The highest BCUT2D eigenvalue weighted by atomic mass is 127. The Balaban J connectivity index is 0.00000312. The summed E-state index contributed by atoms with van der Waals surface area (Å²) in [6, 6.07) is 8.23. The van der Waals surface area contributed by atoms with E-state index in [0.29, 0.717) is 6.54 Å². The molecule has 25 heavy (non-hydrogen) atoms. The molecular formula is C18H28IN5O. The summed E-state index contributed by atoms with van der Waals surface area (Å²) in [5.41, 5.74) is 3.52. The zero-order valence-electron chi connectivity index (χ0n) is 15.4. The van der Waals surface area contributed by atoms with Crippen molar-refractivity contribution in [1.29, 1.82) is 0 Å².